The van der Waals surface area contributed by atoms with Gasteiger partial charge in [0, 0.05) is 60.6 Å². The number of hydrogen-bond acceptors (Lipinski definition) is 6. The van der Waals surface area contributed by atoms with E-state index >= 15 is 0 Å². The topological polar surface area (TPSA) is 71.9 Å². The second-order valence-electron chi connectivity index (χ2n) is 7.51. The fraction of sp³-hybridized carbons (Fsp3) is 0.192. The summed E-state index contributed by atoms with van der Waals surface area (Å²) < 4.78 is 11.3. The van der Waals surface area contributed by atoms with Crippen LogP contribution < -0.4 is 19.7 Å². The molecule has 7 nitrogen and oxygen atoms in total. The molecule has 0 radical (unpaired) electrons. The van der Waals surface area contributed by atoms with Crippen molar-refractivity contribution in [2.24, 2.45) is 4.99 Å². The van der Waals surface area contributed by atoms with E-state index in [1.54, 1.807) is 25.8 Å². The lowest BCUT2D eigenvalue weighted by molar-refractivity contribution is 0.397. The van der Waals surface area contributed by atoms with Crippen molar-refractivity contribution < 1.29 is 9.47 Å². The van der Waals surface area contributed by atoms with Crippen molar-refractivity contribution in [1.82, 2.24) is 15.3 Å². The normalized spacial score (nSPS) is 10.7. The first-order valence-corrected chi connectivity index (χ1v) is 10.5. The van der Waals surface area contributed by atoms with Gasteiger partial charge in [-0.2, -0.15) is 0 Å². The monoisotopic (exact) mass is 443 g/mol. The van der Waals surface area contributed by atoms with E-state index < -0.39 is 0 Å². The highest BCUT2D eigenvalue weighted by Gasteiger charge is 2.10. The number of benzene rings is 1. The van der Waals surface area contributed by atoms with E-state index in [9.17, 15) is 0 Å². The summed E-state index contributed by atoms with van der Waals surface area (Å²) in [6.45, 7) is 12.4. The number of rotatable bonds is 10. The zero-order chi connectivity index (χ0) is 23.8. The van der Waals surface area contributed by atoms with E-state index in [0.717, 1.165) is 33.8 Å². The molecule has 0 spiro atoms. The van der Waals surface area contributed by atoms with Gasteiger partial charge in [-0.25, -0.2) is 15.0 Å². The molecule has 1 N–H and O–H groups in total. The molecule has 7 heteroatoms. The third kappa shape index (κ3) is 6.43. The molecule has 0 aliphatic carbocycles. The average molecular weight is 444 g/mol. The van der Waals surface area contributed by atoms with Crippen molar-refractivity contribution in [1.29, 1.82) is 0 Å². The lowest BCUT2D eigenvalue weighted by Gasteiger charge is -2.17. The second kappa shape index (κ2) is 10.9. The number of nitrogens with one attached hydrogen (secondary N) is 1. The number of ether oxygens (including phenoxy) is 2. The Labute approximate surface area is 195 Å². The maximum atomic E-state index is 6.18. The molecule has 3 rings (SSSR count). The van der Waals surface area contributed by atoms with E-state index in [4.69, 9.17) is 9.47 Å². The predicted molar refractivity (Wildman–Crippen MR) is 134 cm³/mol. The van der Waals surface area contributed by atoms with Crippen molar-refractivity contribution in [3.8, 4) is 17.4 Å². The lowest BCUT2D eigenvalue weighted by Crippen LogP contribution is -2.15. The summed E-state index contributed by atoms with van der Waals surface area (Å²) in [4.78, 5) is 14.6. The van der Waals surface area contributed by atoms with Gasteiger partial charge in [0.05, 0.1) is 13.4 Å². The van der Waals surface area contributed by atoms with E-state index in [1.165, 1.54) is 0 Å². The van der Waals surface area contributed by atoms with Gasteiger partial charge in [0.25, 0.3) is 0 Å². The molecule has 0 unspecified atom stereocenters. The fourth-order valence-electron chi connectivity index (χ4n) is 3.02. The third-order valence-electron chi connectivity index (χ3n) is 4.88. The minimum Gasteiger partial charge on any atom is -0.481 e. The zero-order valence-corrected chi connectivity index (χ0v) is 19.5. The largest absolute Gasteiger partial charge is 0.481 e. The number of nitrogens with zero attached hydrogens (tertiary/aromatic N) is 4. The van der Waals surface area contributed by atoms with Crippen LogP contribution in [0.25, 0.3) is 5.70 Å². The number of methoxy groups -OCH3 is 1. The standard InChI is InChI=1S/C26H29N5O2/c1-18(2)30-17-31(5)25-14-22(12-13-27-25)33-24-9-7-8-23(19(24)3)20(4)28-15-21-10-11-26(32-6)29-16-21/h7-14,16-17,28H,1,4,15H2,2-3,5-6H3. The van der Waals surface area contributed by atoms with Gasteiger partial charge in [0.15, 0.2) is 0 Å². The first-order valence-electron chi connectivity index (χ1n) is 10.5. The Kier molecular flexibility index (Phi) is 7.81. The number of aliphatic imine (C=N–C) groups is 1. The Morgan fingerprint density at radius 1 is 1.18 bits per heavy atom. The summed E-state index contributed by atoms with van der Waals surface area (Å²) in [6, 6.07) is 13.4. The van der Waals surface area contributed by atoms with Crippen LogP contribution in [0.3, 0.4) is 0 Å². The summed E-state index contributed by atoms with van der Waals surface area (Å²) in [7, 11) is 3.47. The van der Waals surface area contributed by atoms with Gasteiger partial charge in [-0.3, -0.25) is 0 Å². The first kappa shape index (κ1) is 23.5. The Morgan fingerprint density at radius 3 is 2.70 bits per heavy atom. The second-order valence-corrected chi connectivity index (χ2v) is 7.51. The molecule has 3 aromatic rings. The number of aromatic nitrogens is 2. The van der Waals surface area contributed by atoms with Gasteiger partial charge in [-0.1, -0.05) is 31.4 Å². The molecule has 2 aromatic heterocycles. The molecule has 0 saturated carbocycles. The molecule has 0 saturated heterocycles. The first-order chi connectivity index (χ1) is 15.9. The summed E-state index contributed by atoms with van der Waals surface area (Å²) in [5, 5.41) is 3.36. The third-order valence-corrected chi connectivity index (χ3v) is 4.88. The molecule has 0 bridgehead atoms. The van der Waals surface area contributed by atoms with E-state index in [1.807, 2.05) is 68.3 Å². The summed E-state index contributed by atoms with van der Waals surface area (Å²) in [6.07, 6.45) is 5.16. The maximum Gasteiger partial charge on any atom is 0.212 e. The van der Waals surface area contributed by atoms with Crippen molar-refractivity contribution in [3.05, 3.63) is 90.4 Å². The summed E-state index contributed by atoms with van der Waals surface area (Å²) in [5.41, 5.74) is 4.52. The van der Waals surface area contributed by atoms with Crippen molar-refractivity contribution in [2.75, 3.05) is 19.1 Å². The van der Waals surface area contributed by atoms with Crippen LogP contribution in [0.4, 0.5) is 5.82 Å². The van der Waals surface area contributed by atoms with Crippen LogP contribution in [-0.2, 0) is 6.54 Å². The number of pyridine rings is 2. The molecular weight excluding hydrogens is 414 g/mol. The van der Waals surface area contributed by atoms with E-state index in [-0.39, 0.29) is 0 Å². The van der Waals surface area contributed by atoms with Gasteiger partial charge in [0.1, 0.15) is 17.3 Å². The van der Waals surface area contributed by atoms with Crippen molar-refractivity contribution >= 4 is 17.9 Å². The van der Waals surface area contributed by atoms with E-state index in [2.05, 4.69) is 33.4 Å². The van der Waals surface area contributed by atoms with Gasteiger partial charge >= 0.3 is 0 Å². The smallest absolute Gasteiger partial charge is 0.212 e. The van der Waals surface area contributed by atoms with Crippen molar-refractivity contribution in [3.63, 3.8) is 0 Å². The van der Waals surface area contributed by atoms with Crippen LogP contribution in [0.5, 0.6) is 17.4 Å². The molecule has 1 aromatic carbocycles. The highest BCUT2D eigenvalue weighted by atomic mass is 16.5. The van der Waals surface area contributed by atoms with Gasteiger partial charge in [-0.15, -0.1) is 0 Å². The van der Waals surface area contributed by atoms with Gasteiger partial charge < -0.3 is 19.7 Å². The minimum absolute atomic E-state index is 0.590. The highest BCUT2D eigenvalue weighted by molar-refractivity contribution is 5.77. The molecule has 0 aliphatic rings. The van der Waals surface area contributed by atoms with Crippen LogP contribution in [0, 0.1) is 6.92 Å². The Morgan fingerprint density at radius 2 is 2.00 bits per heavy atom. The van der Waals surface area contributed by atoms with Crippen LogP contribution >= 0.6 is 0 Å². The molecule has 0 aliphatic heterocycles. The van der Waals surface area contributed by atoms with Crippen LogP contribution in [0.2, 0.25) is 0 Å². The quantitative estimate of drug-likeness (QED) is 0.337. The average Bonchev–Trinajstić information content (AvgIpc) is 2.82. The van der Waals surface area contributed by atoms with Crippen LogP contribution in [0.15, 0.2) is 78.7 Å². The SMILES string of the molecule is C=C(C)N=CN(C)c1cc(Oc2cccc(C(=C)NCc3ccc(OC)nc3)c2C)ccn1. The molecule has 0 amide bonds. The summed E-state index contributed by atoms with van der Waals surface area (Å²) in [5.74, 6) is 2.73. The fourth-order valence-corrected chi connectivity index (χ4v) is 3.02. The Bertz CT molecular complexity index is 1160. The van der Waals surface area contributed by atoms with Gasteiger partial charge in [0.2, 0.25) is 5.88 Å². The predicted octanol–water partition coefficient (Wildman–Crippen LogP) is 5.34. The lowest BCUT2D eigenvalue weighted by atomic mass is 10.1. The number of anilines is 1. The summed E-state index contributed by atoms with van der Waals surface area (Å²) >= 11 is 0. The van der Waals surface area contributed by atoms with Gasteiger partial charge in [-0.05, 0) is 31.5 Å². The molecule has 0 fully saturated rings. The molecule has 170 valence electrons. The number of hydrogen-bond donors (Lipinski definition) is 1. The van der Waals surface area contributed by atoms with Crippen molar-refractivity contribution in [2.45, 2.75) is 20.4 Å². The molecule has 0 atom stereocenters. The highest BCUT2D eigenvalue weighted by Crippen LogP contribution is 2.30. The van der Waals surface area contributed by atoms with Crippen LogP contribution in [0.1, 0.15) is 23.6 Å². The number of allylic oxidation sites excluding steroid dienone is 1. The maximum absolute atomic E-state index is 6.18. The molecule has 33 heavy (non-hydrogen) atoms. The zero-order valence-electron chi connectivity index (χ0n) is 19.5. The van der Waals surface area contributed by atoms with E-state index in [0.29, 0.717) is 24.0 Å². The molecule has 2 heterocycles. The Balaban J connectivity index is 1.71. The van der Waals surface area contributed by atoms with Crippen LogP contribution in [-0.4, -0.2) is 30.5 Å². The minimum atomic E-state index is 0.590. The molecular formula is C26H29N5O2. The Hall–Kier alpha value is -4.13.